The molecule has 0 saturated carbocycles. The fraction of sp³-hybridized carbons (Fsp3) is 0.889. The van der Waals surface area contributed by atoms with Crippen molar-refractivity contribution in [1.82, 2.24) is 5.32 Å². The number of ether oxygens (including phenoxy) is 1. The van der Waals surface area contributed by atoms with Gasteiger partial charge in [0, 0.05) is 11.8 Å². The van der Waals surface area contributed by atoms with Crippen molar-refractivity contribution >= 4 is 15.8 Å². The molecule has 0 rings (SSSR count). The summed E-state index contributed by atoms with van der Waals surface area (Å²) in [6.45, 7) is 5.44. The Bertz CT molecular complexity index is 286. The van der Waals surface area contributed by atoms with Gasteiger partial charge in [0.25, 0.3) is 0 Å². The summed E-state index contributed by atoms with van der Waals surface area (Å²) in [4.78, 5) is 10.9. The maximum Gasteiger partial charge on any atom is 0.319 e. The fourth-order valence-corrected chi connectivity index (χ4v) is 2.14. The summed E-state index contributed by atoms with van der Waals surface area (Å²) in [5.41, 5.74) is 0. The molecule has 0 heterocycles. The molecule has 0 fully saturated rings. The number of rotatable bonds is 7. The quantitative estimate of drug-likeness (QED) is 0.629. The maximum atomic E-state index is 11.2. The summed E-state index contributed by atoms with van der Waals surface area (Å²) in [6.07, 6.45) is 0. The zero-order valence-electron chi connectivity index (χ0n) is 9.45. The minimum Gasteiger partial charge on any atom is -0.465 e. The summed E-state index contributed by atoms with van der Waals surface area (Å²) >= 11 is 0. The summed E-state index contributed by atoms with van der Waals surface area (Å²) in [7, 11) is -2.99. The SMILES string of the molecule is CCOC(=O)CNC(C)CS(=O)(=O)CC. The van der Waals surface area contributed by atoms with E-state index in [0.717, 1.165) is 0 Å². The number of sulfone groups is 1. The largest absolute Gasteiger partial charge is 0.465 e. The van der Waals surface area contributed by atoms with Crippen molar-refractivity contribution in [2.45, 2.75) is 26.8 Å². The normalized spacial score (nSPS) is 13.5. The maximum absolute atomic E-state index is 11.2. The van der Waals surface area contributed by atoms with E-state index in [4.69, 9.17) is 4.74 Å². The molecule has 1 unspecified atom stereocenters. The molecule has 90 valence electrons. The van der Waals surface area contributed by atoms with E-state index in [-0.39, 0.29) is 30.1 Å². The van der Waals surface area contributed by atoms with Gasteiger partial charge in [0.1, 0.15) is 0 Å². The third kappa shape index (κ3) is 7.33. The predicted molar refractivity (Wildman–Crippen MR) is 58.4 cm³/mol. The van der Waals surface area contributed by atoms with E-state index in [9.17, 15) is 13.2 Å². The van der Waals surface area contributed by atoms with Crippen LogP contribution in [0.2, 0.25) is 0 Å². The van der Waals surface area contributed by atoms with Crippen LogP contribution in [0.3, 0.4) is 0 Å². The van der Waals surface area contributed by atoms with E-state index in [1.165, 1.54) is 0 Å². The zero-order chi connectivity index (χ0) is 11.9. The standard InChI is InChI=1S/C9H19NO4S/c1-4-14-9(11)6-10-8(3)7-15(12,13)5-2/h8,10H,4-7H2,1-3H3. The second kappa shape index (κ2) is 6.79. The van der Waals surface area contributed by atoms with Crippen molar-refractivity contribution in [2.75, 3.05) is 24.7 Å². The van der Waals surface area contributed by atoms with Gasteiger partial charge in [-0.15, -0.1) is 0 Å². The van der Waals surface area contributed by atoms with Gasteiger partial charge in [-0.1, -0.05) is 6.92 Å². The minimum absolute atomic E-state index is 0.0445. The average molecular weight is 237 g/mol. The van der Waals surface area contributed by atoms with Crippen LogP contribution >= 0.6 is 0 Å². The van der Waals surface area contributed by atoms with Gasteiger partial charge in [0.15, 0.2) is 9.84 Å². The van der Waals surface area contributed by atoms with Gasteiger partial charge < -0.3 is 10.1 Å². The Morgan fingerprint density at radius 1 is 1.40 bits per heavy atom. The first kappa shape index (κ1) is 14.4. The first-order valence-electron chi connectivity index (χ1n) is 5.00. The monoisotopic (exact) mass is 237 g/mol. The molecule has 1 N–H and O–H groups in total. The second-order valence-corrected chi connectivity index (χ2v) is 5.68. The number of nitrogens with one attached hydrogen (secondary N) is 1. The molecule has 0 amide bonds. The van der Waals surface area contributed by atoms with Crippen LogP contribution < -0.4 is 5.32 Å². The molecule has 0 radical (unpaired) electrons. The number of hydrogen-bond donors (Lipinski definition) is 1. The van der Waals surface area contributed by atoms with Crippen molar-refractivity contribution in [1.29, 1.82) is 0 Å². The van der Waals surface area contributed by atoms with Crippen LogP contribution in [-0.4, -0.2) is 45.1 Å². The molecule has 0 aromatic heterocycles. The van der Waals surface area contributed by atoms with Crippen molar-refractivity contribution < 1.29 is 17.9 Å². The molecular formula is C9H19NO4S. The lowest BCUT2D eigenvalue weighted by Crippen LogP contribution is -2.37. The van der Waals surface area contributed by atoms with Crippen LogP contribution in [0.1, 0.15) is 20.8 Å². The van der Waals surface area contributed by atoms with Gasteiger partial charge in [0.2, 0.25) is 0 Å². The summed E-state index contributed by atoms with van der Waals surface area (Å²) < 4.78 is 27.1. The third-order valence-electron chi connectivity index (χ3n) is 1.84. The van der Waals surface area contributed by atoms with E-state index >= 15 is 0 Å². The van der Waals surface area contributed by atoms with E-state index < -0.39 is 9.84 Å². The van der Waals surface area contributed by atoms with E-state index in [1.54, 1.807) is 20.8 Å². The summed E-state index contributed by atoms with van der Waals surface area (Å²) in [5.74, 6) is -0.195. The highest BCUT2D eigenvalue weighted by atomic mass is 32.2. The Morgan fingerprint density at radius 2 is 2.00 bits per heavy atom. The number of hydrogen-bond acceptors (Lipinski definition) is 5. The van der Waals surface area contributed by atoms with Crippen LogP contribution in [-0.2, 0) is 19.4 Å². The van der Waals surface area contributed by atoms with Gasteiger partial charge in [0.05, 0.1) is 18.9 Å². The molecule has 0 spiro atoms. The fourth-order valence-electron chi connectivity index (χ4n) is 1.03. The van der Waals surface area contributed by atoms with E-state index in [0.29, 0.717) is 6.61 Å². The zero-order valence-corrected chi connectivity index (χ0v) is 10.3. The van der Waals surface area contributed by atoms with Crippen LogP contribution in [0.15, 0.2) is 0 Å². The summed E-state index contributed by atoms with van der Waals surface area (Å²) in [5, 5.41) is 2.80. The Morgan fingerprint density at radius 3 is 2.47 bits per heavy atom. The Balaban J connectivity index is 3.85. The van der Waals surface area contributed by atoms with Crippen molar-refractivity contribution in [3.63, 3.8) is 0 Å². The van der Waals surface area contributed by atoms with Gasteiger partial charge in [-0.25, -0.2) is 8.42 Å². The molecule has 0 saturated heterocycles. The molecule has 0 aliphatic carbocycles. The summed E-state index contributed by atoms with van der Waals surface area (Å²) in [6, 6.07) is -0.237. The molecule has 0 bridgehead atoms. The molecule has 6 heteroatoms. The number of carbonyl (C=O) groups excluding carboxylic acids is 1. The predicted octanol–water partition coefficient (Wildman–Crippen LogP) is -0.0377. The smallest absolute Gasteiger partial charge is 0.319 e. The molecule has 0 aliphatic rings. The van der Waals surface area contributed by atoms with Crippen molar-refractivity contribution in [3.8, 4) is 0 Å². The molecular weight excluding hydrogens is 218 g/mol. The first-order chi connectivity index (χ1) is 6.91. The van der Waals surface area contributed by atoms with Crippen LogP contribution in [0.5, 0.6) is 0 Å². The Kier molecular flexibility index (Phi) is 6.51. The number of esters is 1. The lowest BCUT2D eigenvalue weighted by atomic mass is 10.4. The molecule has 0 aromatic carbocycles. The topological polar surface area (TPSA) is 72.5 Å². The Labute approximate surface area is 91.1 Å². The van der Waals surface area contributed by atoms with E-state index in [2.05, 4.69) is 5.32 Å². The third-order valence-corrected chi connectivity index (χ3v) is 3.73. The highest BCUT2D eigenvalue weighted by Gasteiger charge is 2.14. The van der Waals surface area contributed by atoms with Gasteiger partial charge >= 0.3 is 5.97 Å². The second-order valence-electron chi connectivity index (χ2n) is 3.29. The molecule has 0 aromatic rings. The van der Waals surface area contributed by atoms with Gasteiger partial charge in [-0.05, 0) is 13.8 Å². The minimum atomic E-state index is -2.99. The average Bonchev–Trinajstić information content (AvgIpc) is 2.15. The molecule has 0 aliphatic heterocycles. The van der Waals surface area contributed by atoms with Crippen LogP contribution in [0, 0.1) is 0 Å². The number of carbonyl (C=O) groups is 1. The van der Waals surface area contributed by atoms with Gasteiger partial charge in [-0.3, -0.25) is 4.79 Å². The lowest BCUT2D eigenvalue weighted by Gasteiger charge is -2.12. The lowest BCUT2D eigenvalue weighted by molar-refractivity contribution is -0.142. The first-order valence-corrected chi connectivity index (χ1v) is 6.82. The van der Waals surface area contributed by atoms with Crippen LogP contribution in [0.25, 0.3) is 0 Å². The van der Waals surface area contributed by atoms with Crippen molar-refractivity contribution in [3.05, 3.63) is 0 Å². The van der Waals surface area contributed by atoms with Gasteiger partial charge in [-0.2, -0.15) is 0 Å². The van der Waals surface area contributed by atoms with Crippen LogP contribution in [0.4, 0.5) is 0 Å². The van der Waals surface area contributed by atoms with Crippen molar-refractivity contribution in [2.24, 2.45) is 0 Å². The molecule has 5 nitrogen and oxygen atoms in total. The Hall–Kier alpha value is -0.620. The molecule has 15 heavy (non-hydrogen) atoms. The highest BCUT2D eigenvalue weighted by molar-refractivity contribution is 7.91. The molecule has 1 atom stereocenters. The highest BCUT2D eigenvalue weighted by Crippen LogP contribution is 1.94. The van der Waals surface area contributed by atoms with E-state index in [1.807, 2.05) is 0 Å².